The summed E-state index contributed by atoms with van der Waals surface area (Å²) in [4.78, 5) is 13.3. The predicted octanol–water partition coefficient (Wildman–Crippen LogP) is 3.34. The Hall–Kier alpha value is -1.90. The van der Waals surface area contributed by atoms with Gasteiger partial charge in [-0.1, -0.05) is 37.3 Å². The molecule has 8 heteroatoms. The lowest BCUT2D eigenvalue weighted by molar-refractivity contribution is -0.116. The van der Waals surface area contributed by atoms with Gasteiger partial charge in [0.05, 0.1) is 18.5 Å². The molecule has 0 fully saturated rings. The summed E-state index contributed by atoms with van der Waals surface area (Å²) in [5, 5.41) is 2.74. The normalized spacial score (nSPS) is 11.5. The smallest absolute Gasteiger partial charge is 0.239 e. The third-order valence-corrected chi connectivity index (χ3v) is 5.71. The van der Waals surface area contributed by atoms with Crippen LogP contribution in [0.25, 0.3) is 0 Å². The first kappa shape index (κ1) is 20.4. The van der Waals surface area contributed by atoms with Gasteiger partial charge in [-0.05, 0) is 24.0 Å². The molecule has 0 aliphatic carbocycles. The van der Waals surface area contributed by atoms with E-state index in [1.807, 2.05) is 19.1 Å². The number of hydrogen-bond acceptors (Lipinski definition) is 4. The number of thioether (sulfide) groups is 1. The fourth-order valence-electron chi connectivity index (χ4n) is 2.31. The van der Waals surface area contributed by atoms with E-state index in [-0.39, 0.29) is 12.1 Å². The lowest BCUT2D eigenvalue weighted by Crippen LogP contribution is -2.37. The number of halogens is 1. The molecule has 0 aromatic heterocycles. The van der Waals surface area contributed by atoms with Crippen LogP contribution in [0.1, 0.15) is 12.5 Å². The zero-order valence-corrected chi connectivity index (χ0v) is 16.2. The minimum atomic E-state index is -3.69. The molecule has 0 radical (unpaired) electrons. The van der Waals surface area contributed by atoms with Gasteiger partial charge in [0.25, 0.3) is 0 Å². The van der Waals surface area contributed by atoms with Gasteiger partial charge in [-0.25, -0.2) is 12.8 Å². The van der Waals surface area contributed by atoms with Gasteiger partial charge >= 0.3 is 0 Å². The third kappa shape index (κ3) is 5.82. The number of carbonyl (C=O) groups excluding carboxylic acids is 1. The Morgan fingerprint density at radius 3 is 2.46 bits per heavy atom. The van der Waals surface area contributed by atoms with Gasteiger partial charge in [0.1, 0.15) is 5.82 Å². The number of para-hydroxylation sites is 1. The van der Waals surface area contributed by atoms with E-state index < -0.39 is 28.3 Å². The molecule has 0 spiro atoms. The number of carbonyl (C=O) groups is 1. The van der Waals surface area contributed by atoms with Crippen LogP contribution in [0, 0.1) is 5.82 Å². The predicted molar refractivity (Wildman–Crippen MR) is 103 cm³/mol. The number of hydrogen-bond donors (Lipinski definition) is 1. The van der Waals surface area contributed by atoms with Gasteiger partial charge in [-0.15, -0.1) is 11.8 Å². The van der Waals surface area contributed by atoms with Crippen LogP contribution < -0.4 is 5.32 Å². The Bertz CT molecular complexity index is 872. The molecular formula is C18H21FN2O3S2. The summed E-state index contributed by atoms with van der Waals surface area (Å²) < 4.78 is 38.8. The largest absolute Gasteiger partial charge is 0.324 e. The van der Waals surface area contributed by atoms with Crippen LogP contribution in [-0.2, 0) is 21.4 Å². The van der Waals surface area contributed by atoms with Crippen LogP contribution in [0.2, 0.25) is 0 Å². The van der Waals surface area contributed by atoms with E-state index >= 15 is 0 Å². The van der Waals surface area contributed by atoms with Crippen molar-refractivity contribution in [2.24, 2.45) is 0 Å². The van der Waals surface area contributed by atoms with Crippen LogP contribution in [0.3, 0.4) is 0 Å². The lowest BCUT2D eigenvalue weighted by atomic mass is 10.2. The van der Waals surface area contributed by atoms with Crippen LogP contribution in [0.5, 0.6) is 0 Å². The fraction of sp³-hybridized carbons (Fsp3) is 0.278. The van der Waals surface area contributed by atoms with Crippen molar-refractivity contribution in [3.8, 4) is 0 Å². The molecule has 0 unspecified atom stereocenters. The number of benzene rings is 2. The second kappa shape index (κ2) is 9.16. The Labute approximate surface area is 157 Å². The second-order valence-corrected chi connectivity index (χ2v) is 8.89. The quantitative estimate of drug-likeness (QED) is 0.695. The number of rotatable bonds is 8. The molecule has 2 aromatic carbocycles. The highest BCUT2D eigenvalue weighted by Gasteiger charge is 2.22. The van der Waals surface area contributed by atoms with E-state index in [2.05, 4.69) is 5.32 Å². The molecule has 0 bridgehead atoms. The van der Waals surface area contributed by atoms with E-state index in [0.29, 0.717) is 5.69 Å². The number of amides is 1. The van der Waals surface area contributed by atoms with Crippen molar-refractivity contribution in [3.63, 3.8) is 0 Å². The summed E-state index contributed by atoms with van der Waals surface area (Å²) in [6, 6.07) is 13.2. The van der Waals surface area contributed by atoms with Crippen molar-refractivity contribution in [2.75, 3.05) is 23.9 Å². The van der Waals surface area contributed by atoms with Crippen molar-refractivity contribution < 1.29 is 17.6 Å². The monoisotopic (exact) mass is 396 g/mol. The standard InChI is InChI=1S/C18H21FN2O3S2/c1-3-25-17-11-7-6-10-16(17)20-18(22)13-21(26(2,23)24)12-14-8-4-5-9-15(14)19/h4-11H,3,12-13H2,1-2H3,(H,20,22). The zero-order valence-electron chi connectivity index (χ0n) is 14.6. The van der Waals surface area contributed by atoms with Crippen molar-refractivity contribution >= 4 is 33.4 Å². The van der Waals surface area contributed by atoms with Gasteiger partial charge in [0, 0.05) is 17.0 Å². The molecular weight excluding hydrogens is 375 g/mol. The molecule has 1 amide bonds. The molecule has 0 heterocycles. The topological polar surface area (TPSA) is 66.5 Å². The molecule has 5 nitrogen and oxygen atoms in total. The molecule has 0 saturated heterocycles. The van der Waals surface area contributed by atoms with Gasteiger partial charge < -0.3 is 5.32 Å². The Morgan fingerprint density at radius 1 is 1.15 bits per heavy atom. The van der Waals surface area contributed by atoms with E-state index in [0.717, 1.165) is 21.2 Å². The molecule has 1 N–H and O–H groups in total. The number of nitrogens with zero attached hydrogens (tertiary/aromatic N) is 1. The highest BCUT2D eigenvalue weighted by atomic mass is 32.2. The Balaban J connectivity index is 2.14. The average Bonchev–Trinajstić information content (AvgIpc) is 2.57. The van der Waals surface area contributed by atoms with Crippen LogP contribution >= 0.6 is 11.8 Å². The van der Waals surface area contributed by atoms with Crippen molar-refractivity contribution in [1.29, 1.82) is 0 Å². The van der Waals surface area contributed by atoms with E-state index in [1.54, 1.807) is 30.0 Å². The number of anilines is 1. The summed E-state index contributed by atoms with van der Waals surface area (Å²) in [6.07, 6.45) is 1.00. The molecule has 140 valence electrons. The van der Waals surface area contributed by atoms with Gasteiger partial charge in [-0.3, -0.25) is 4.79 Å². The maximum Gasteiger partial charge on any atom is 0.239 e. The second-order valence-electron chi connectivity index (χ2n) is 5.60. The summed E-state index contributed by atoms with van der Waals surface area (Å²) in [5.41, 5.74) is 0.844. The van der Waals surface area contributed by atoms with Gasteiger partial charge in [0.2, 0.25) is 15.9 Å². The maximum atomic E-state index is 13.8. The molecule has 0 aliphatic heterocycles. The number of sulfonamides is 1. The summed E-state index contributed by atoms with van der Waals surface area (Å²) in [6.45, 7) is 1.41. The van der Waals surface area contributed by atoms with Crippen molar-refractivity contribution in [2.45, 2.75) is 18.4 Å². The van der Waals surface area contributed by atoms with E-state index in [9.17, 15) is 17.6 Å². The lowest BCUT2D eigenvalue weighted by Gasteiger charge is -2.20. The van der Waals surface area contributed by atoms with Crippen molar-refractivity contribution in [1.82, 2.24) is 4.31 Å². The minimum Gasteiger partial charge on any atom is -0.324 e. The minimum absolute atomic E-state index is 0.204. The first-order chi connectivity index (χ1) is 12.3. The first-order valence-electron chi connectivity index (χ1n) is 8.01. The summed E-state index contributed by atoms with van der Waals surface area (Å²) in [5.74, 6) is -0.141. The average molecular weight is 397 g/mol. The number of nitrogens with one attached hydrogen (secondary N) is 1. The van der Waals surface area contributed by atoms with Crippen LogP contribution in [-0.4, -0.2) is 37.2 Å². The summed E-state index contributed by atoms with van der Waals surface area (Å²) >= 11 is 1.58. The third-order valence-electron chi connectivity index (χ3n) is 3.55. The van der Waals surface area contributed by atoms with Gasteiger partial charge in [-0.2, -0.15) is 4.31 Å². The fourth-order valence-corrected chi connectivity index (χ4v) is 3.79. The molecule has 0 saturated carbocycles. The highest BCUT2D eigenvalue weighted by Crippen LogP contribution is 2.26. The molecule has 26 heavy (non-hydrogen) atoms. The van der Waals surface area contributed by atoms with Crippen molar-refractivity contribution in [3.05, 3.63) is 59.9 Å². The molecule has 0 aliphatic rings. The van der Waals surface area contributed by atoms with Crippen LogP contribution in [0.15, 0.2) is 53.4 Å². The zero-order chi connectivity index (χ0) is 19.2. The van der Waals surface area contributed by atoms with Crippen LogP contribution in [0.4, 0.5) is 10.1 Å². The van der Waals surface area contributed by atoms with Gasteiger partial charge in [0.15, 0.2) is 0 Å². The SMILES string of the molecule is CCSc1ccccc1NC(=O)CN(Cc1ccccc1F)S(C)(=O)=O. The molecule has 2 rings (SSSR count). The van der Waals surface area contributed by atoms with E-state index in [4.69, 9.17) is 0 Å². The maximum absolute atomic E-state index is 13.8. The first-order valence-corrected chi connectivity index (χ1v) is 10.8. The highest BCUT2D eigenvalue weighted by molar-refractivity contribution is 7.99. The Kier molecular flexibility index (Phi) is 7.19. The Morgan fingerprint density at radius 2 is 1.81 bits per heavy atom. The van der Waals surface area contributed by atoms with E-state index in [1.165, 1.54) is 18.2 Å². The molecule has 0 atom stereocenters. The summed E-state index contributed by atoms with van der Waals surface area (Å²) in [7, 11) is -3.69. The molecule has 2 aromatic rings.